The molecule has 6 heteroatoms. The van der Waals surface area contributed by atoms with Crippen molar-refractivity contribution in [3.63, 3.8) is 0 Å². The Labute approximate surface area is 93.0 Å². The Bertz CT molecular complexity index is 268. The maximum absolute atomic E-state index is 11.2. The second-order valence-corrected chi connectivity index (χ2v) is 4.85. The molecule has 5 nitrogen and oxygen atoms in total. The Hall–Kier alpha value is -0.590. The lowest BCUT2D eigenvalue weighted by molar-refractivity contribution is -0.125. The molecule has 1 fully saturated rings. The van der Waals surface area contributed by atoms with Crippen LogP contribution < -0.4 is 10.6 Å². The molecule has 0 aromatic rings. The molecule has 0 aliphatic carbocycles. The van der Waals surface area contributed by atoms with Gasteiger partial charge in [-0.2, -0.15) is 11.8 Å². The van der Waals surface area contributed by atoms with Gasteiger partial charge in [-0.3, -0.25) is 14.9 Å². The van der Waals surface area contributed by atoms with Crippen LogP contribution in [0.2, 0.25) is 0 Å². The van der Waals surface area contributed by atoms with E-state index in [1.807, 2.05) is 6.26 Å². The highest BCUT2D eigenvalue weighted by Gasteiger charge is 2.32. The van der Waals surface area contributed by atoms with Gasteiger partial charge >= 0.3 is 0 Å². The average Bonchev–Trinajstić information content (AvgIpc) is 2.42. The largest absolute Gasteiger partial charge is 0.388 e. The minimum Gasteiger partial charge on any atom is -0.388 e. The summed E-state index contributed by atoms with van der Waals surface area (Å²) in [6, 6.07) is -0.495. The molecule has 2 amide bonds. The Balaban J connectivity index is 2.37. The van der Waals surface area contributed by atoms with Gasteiger partial charge in [0.05, 0.1) is 18.1 Å². The number of rotatable bonds is 5. The molecule has 2 atom stereocenters. The first-order chi connectivity index (χ1) is 6.94. The summed E-state index contributed by atoms with van der Waals surface area (Å²) in [6.45, 7) is 2.00. The van der Waals surface area contributed by atoms with E-state index in [4.69, 9.17) is 0 Å². The molecule has 1 aliphatic rings. The van der Waals surface area contributed by atoms with Gasteiger partial charge in [0.2, 0.25) is 11.8 Å². The van der Waals surface area contributed by atoms with Crippen molar-refractivity contribution < 1.29 is 14.7 Å². The quantitative estimate of drug-likeness (QED) is 0.536. The van der Waals surface area contributed by atoms with Crippen LogP contribution in [0.3, 0.4) is 0 Å². The van der Waals surface area contributed by atoms with Crippen molar-refractivity contribution in [1.29, 1.82) is 0 Å². The first-order valence-electron chi connectivity index (χ1n) is 4.73. The van der Waals surface area contributed by atoms with E-state index in [-0.39, 0.29) is 18.2 Å². The summed E-state index contributed by atoms with van der Waals surface area (Å²) in [7, 11) is 0. The number of aliphatic hydroxyl groups is 1. The van der Waals surface area contributed by atoms with E-state index < -0.39 is 11.6 Å². The summed E-state index contributed by atoms with van der Waals surface area (Å²) >= 11 is 1.53. The summed E-state index contributed by atoms with van der Waals surface area (Å²) in [5, 5.41) is 14.9. The van der Waals surface area contributed by atoms with Gasteiger partial charge in [-0.1, -0.05) is 0 Å². The van der Waals surface area contributed by atoms with Crippen LogP contribution in [-0.4, -0.2) is 47.1 Å². The SMILES string of the molecule is CSCC(C)(O)CNC1CC(=O)NC1=O. The van der Waals surface area contributed by atoms with Crippen LogP contribution >= 0.6 is 11.8 Å². The fourth-order valence-electron chi connectivity index (χ4n) is 1.42. The van der Waals surface area contributed by atoms with E-state index >= 15 is 0 Å². The van der Waals surface area contributed by atoms with E-state index in [0.717, 1.165) is 0 Å². The molecular weight excluding hydrogens is 216 g/mol. The Morgan fingerprint density at radius 1 is 1.67 bits per heavy atom. The molecule has 0 saturated carbocycles. The molecule has 1 heterocycles. The molecule has 0 aromatic heterocycles. The predicted octanol–water partition coefficient (Wildman–Crippen LogP) is -0.895. The molecule has 1 aliphatic heterocycles. The standard InChI is InChI=1S/C9H16N2O3S/c1-9(14,5-15-2)4-10-6-3-7(12)11-8(6)13/h6,10,14H,3-5H2,1-2H3,(H,11,12,13). The van der Waals surface area contributed by atoms with E-state index in [1.54, 1.807) is 6.92 Å². The molecule has 1 rings (SSSR count). The summed E-state index contributed by atoms with van der Waals surface area (Å²) in [6.07, 6.45) is 2.06. The molecule has 0 spiro atoms. The number of thioether (sulfide) groups is 1. The van der Waals surface area contributed by atoms with Crippen molar-refractivity contribution in [3.05, 3.63) is 0 Å². The van der Waals surface area contributed by atoms with Crippen LogP contribution in [0, 0.1) is 0 Å². The average molecular weight is 232 g/mol. The number of nitrogens with one attached hydrogen (secondary N) is 2. The Morgan fingerprint density at radius 3 is 2.80 bits per heavy atom. The molecule has 2 unspecified atom stereocenters. The van der Waals surface area contributed by atoms with Crippen molar-refractivity contribution >= 4 is 23.6 Å². The first kappa shape index (κ1) is 12.5. The van der Waals surface area contributed by atoms with Crippen LogP contribution in [0.25, 0.3) is 0 Å². The lowest BCUT2D eigenvalue weighted by Crippen LogP contribution is -2.46. The number of amides is 2. The maximum Gasteiger partial charge on any atom is 0.244 e. The molecular formula is C9H16N2O3S. The summed E-state index contributed by atoms with van der Waals surface area (Å²) in [5.41, 5.74) is -0.856. The van der Waals surface area contributed by atoms with Gasteiger partial charge in [-0.25, -0.2) is 0 Å². The Kier molecular flexibility index (Phi) is 4.12. The molecule has 0 radical (unpaired) electrons. The van der Waals surface area contributed by atoms with Crippen LogP contribution in [0.1, 0.15) is 13.3 Å². The van der Waals surface area contributed by atoms with Crippen LogP contribution in [0.5, 0.6) is 0 Å². The van der Waals surface area contributed by atoms with E-state index in [9.17, 15) is 14.7 Å². The first-order valence-corrected chi connectivity index (χ1v) is 6.12. The van der Waals surface area contributed by atoms with Gasteiger partial charge in [0.1, 0.15) is 0 Å². The van der Waals surface area contributed by atoms with Gasteiger partial charge in [-0.05, 0) is 13.2 Å². The molecule has 1 saturated heterocycles. The third kappa shape index (κ3) is 3.81. The van der Waals surface area contributed by atoms with Crippen LogP contribution in [0.15, 0.2) is 0 Å². The van der Waals surface area contributed by atoms with E-state index in [0.29, 0.717) is 12.3 Å². The van der Waals surface area contributed by atoms with Crippen LogP contribution in [-0.2, 0) is 9.59 Å². The minimum atomic E-state index is -0.856. The van der Waals surface area contributed by atoms with Crippen molar-refractivity contribution in [3.8, 4) is 0 Å². The zero-order chi connectivity index (χ0) is 11.5. The highest BCUT2D eigenvalue weighted by atomic mass is 32.2. The lowest BCUT2D eigenvalue weighted by Gasteiger charge is -2.23. The summed E-state index contributed by atoms with van der Waals surface area (Å²) in [5.74, 6) is 0.0180. The number of imide groups is 1. The second kappa shape index (κ2) is 4.96. The minimum absolute atomic E-state index is 0.161. The van der Waals surface area contributed by atoms with Gasteiger partial charge < -0.3 is 10.4 Å². The van der Waals surface area contributed by atoms with Crippen molar-refractivity contribution in [2.75, 3.05) is 18.6 Å². The highest BCUT2D eigenvalue weighted by molar-refractivity contribution is 7.98. The van der Waals surface area contributed by atoms with E-state index in [2.05, 4.69) is 10.6 Å². The fraction of sp³-hybridized carbons (Fsp3) is 0.778. The van der Waals surface area contributed by atoms with Gasteiger partial charge in [0.25, 0.3) is 0 Å². The number of hydrogen-bond acceptors (Lipinski definition) is 5. The number of carbonyl (C=O) groups is 2. The molecule has 0 bridgehead atoms. The predicted molar refractivity (Wildman–Crippen MR) is 58.6 cm³/mol. The van der Waals surface area contributed by atoms with Crippen molar-refractivity contribution in [2.24, 2.45) is 0 Å². The molecule has 3 N–H and O–H groups in total. The lowest BCUT2D eigenvalue weighted by atomic mass is 10.1. The zero-order valence-corrected chi connectivity index (χ0v) is 9.69. The monoisotopic (exact) mass is 232 g/mol. The number of carbonyl (C=O) groups excluding carboxylic acids is 2. The Morgan fingerprint density at radius 2 is 2.33 bits per heavy atom. The number of hydrogen-bond donors (Lipinski definition) is 3. The topological polar surface area (TPSA) is 78.4 Å². The normalized spacial score (nSPS) is 25.1. The molecule has 86 valence electrons. The fourth-order valence-corrected chi connectivity index (χ4v) is 2.15. The third-order valence-corrected chi connectivity index (χ3v) is 3.06. The second-order valence-electron chi connectivity index (χ2n) is 3.98. The van der Waals surface area contributed by atoms with Crippen LogP contribution in [0.4, 0.5) is 0 Å². The van der Waals surface area contributed by atoms with Crippen molar-refractivity contribution in [2.45, 2.75) is 25.0 Å². The van der Waals surface area contributed by atoms with Gasteiger partial charge in [0, 0.05) is 12.3 Å². The third-order valence-electron chi connectivity index (χ3n) is 2.15. The maximum atomic E-state index is 11.2. The molecule has 15 heavy (non-hydrogen) atoms. The highest BCUT2D eigenvalue weighted by Crippen LogP contribution is 2.10. The van der Waals surface area contributed by atoms with Crippen molar-refractivity contribution in [1.82, 2.24) is 10.6 Å². The van der Waals surface area contributed by atoms with Gasteiger partial charge in [0.15, 0.2) is 0 Å². The zero-order valence-electron chi connectivity index (χ0n) is 8.87. The summed E-state index contributed by atoms with van der Waals surface area (Å²) in [4.78, 5) is 22.1. The van der Waals surface area contributed by atoms with Gasteiger partial charge in [-0.15, -0.1) is 0 Å². The molecule has 0 aromatic carbocycles. The summed E-state index contributed by atoms with van der Waals surface area (Å²) < 4.78 is 0. The van der Waals surface area contributed by atoms with E-state index in [1.165, 1.54) is 11.8 Å². The smallest absolute Gasteiger partial charge is 0.244 e.